The minimum atomic E-state index is -4.14. The summed E-state index contributed by atoms with van der Waals surface area (Å²) in [5.74, 6) is -1.71. The molecule has 0 bridgehead atoms. The lowest BCUT2D eigenvalue weighted by molar-refractivity contribution is -0.177. The van der Waals surface area contributed by atoms with E-state index < -0.39 is 21.8 Å². The van der Waals surface area contributed by atoms with Gasteiger partial charge in [-0.2, -0.15) is 0 Å². The van der Waals surface area contributed by atoms with Crippen molar-refractivity contribution in [1.82, 2.24) is 10.0 Å². The first-order chi connectivity index (χ1) is 12.4. The fourth-order valence-corrected chi connectivity index (χ4v) is 3.50. The second-order valence-electron chi connectivity index (χ2n) is 5.84. The zero-order valence-electron chi connectivity index (χ0n) is 13.6. The third kappa shape index (κ3) is 4.07. The van der Waals surface area contributed by atoms with Gasteiger partial charge in [0.2, 0.25) is 0 Å². The summed E-state index contributed by atoms with van der Waals surface area (Å²) in [5.41, 5.74) is 1.42. The molecule has 0 radical (unpaired) electrons. The molecule has 1 fully saturated rings. The number of nitrogens with one attached hydrogen (secondary N) is 1. The van der Waals surface area contributed by atoms with Crippen molar-refractivity contribution in [2.24, 2.45) is 5.92 Å². The lowest BCUT2D eigenvalue weighted by Gasteiger charge is -2.18. The van der Waals surface area contributed by atoms with Gasteiger partial charge in [-0.25, -0.2) is 12.8 Å². The first-order valence-corrected chi connectivity index (χ1v) is 9.34. The number of benzene rings is 2. The Bertz CT molecular complexity index is 878. The highest BCUT2D eigenvalue weighted by Crippen LogP contribution is 2.22. The number of sulfonamides is 1. The molecule has 0 aliphatic carbocycles. The van der Waals surface area contributed by atoms with E-state index in [1.165, 1.54) is 24.3 Å². The molecular weight excluding hydrogens is 363 g/mol. The van der Waals surface area contributed by atoms with E-state index >= 15 is 0 Å². The summed E-state index contributed by atoms with van der Waals surface area (Å²) in [5, 5.41) is 9.72. The standard InChI is InChI=1S/C17H17FN2O5S/c18-15-5-1-12(2-6-15)13-3-7-16(8-4-13)26(23,24)19-20(22)17(21)14-9-10-25-11-14/h1-8,14,19,22H,9-11H2. The van der Waals surface area contributed by atoms with Crippen LogP contribution in [-0.2, 0) is 19.6 Å². The van der Waals surface area contributed by atoms with Crippen molar-refractivity contribution in [1.29, 1.82) is 0 Å². The molecule has 1 atom stereocenters. The summed E-state index contributed by atoms with van der Waals surface area (Å²) in [4.78, 5) is 13.7. The fourth-order valence-electron chi connectivity index (χ4n) is 2.58. The number of hydroxylamine groups is 1. The van der Waals surface area contributed by atoms with Crippen LogP contribution >= 0.6 is 0 Å². The number of hydrazine groups is 1. The average Bonchev–Trinajstić information content (AvgIpc) is 3.16. The van der Waals surface area contributed by atoms with Crippen molar-refractivity contribution in [3.05, 3.63) is 54.3 Å². The van der Waals surface area contributed by atoms with E-state index in [2.05, 4.69) is 0 Å². The number of carbonyl (C=O) groups excluding carboxylic acids is 1. The van der Waals surface area contributed by atoms with Crippen molar-refractivity contribution in [3.63, 3.8) is 0 Å². The van der Waals surface area contributed by atoms with Gasteiger partial charge in [0.15, 0.2) is 0 Å². The molecule has 0 spiro atoms. The van der Waals surface area contributed by atoms with Crippen molar-refractivity contribution in [3.8, 4) is 11.1 Å². The smallest absolute Gasteiger partial charge is 0.267 e. The predicted molar refractivity (Wildman–Crippen MR) is 89.7 cm³/mol. The monoisotopic (exact) mass is 380 g/mol. The highest BCUT2D eigenvalue weighted by molar-refractivity contribution is 7.89. The zero-order chi connectivity index (χ0) is 18.7. The highest BCUT2D eigenvalue weighted by atomic mass is 32.2. The molecule has 26 heavy (non-hydrogen) atoms. The van der Waals surface area contributed by atoms with Gasteiger partial charge in [-0.05, 0) is 41.8 Å². The molecule has 7 nitrogen and oxygen atoms in total. The number of hydrogen-bond acceptors (Lipinski definition) is 5. The number of carbonyl (C=O) groups is 1. The van der Waals surface area contributed by atoms with Crippen LogP contribution in [0.1, 0.15) is 6.42 Å². The third-order valence-corrected chi connectivity index (χ3v) is 5.34. The molecule has 2 aromatic rings. The molecule has 138 valence electrons. The zero-order valence-corrected chi connectivity index (χ0v) is 14.4. The average molecular weight is 380 g/mol. The molecule has 0 aromatic heterocycles. The van der Waals surface area contributed by atoms with Gasteiger partial charge in [0.05, 0.1) is 17.4 Å². The van der Waals surface area contributed by atoms with Crippen molar-refractivity contribution < 1.29 is 27.5 Å². The topological polar surface area (TPSA) is 95.9 Å². The molecule has 1 aliphatic rings. The van der Waals surface area contributed by atoms with Crippen molar-refractivity contribution in [2.45, 2.75) is 11.3 Å². The quantitative estimate of drug-likeness (QED) is 0.611. The predicted octanol–water partition coefficient (Wildman–Crippen LogP) is 1.94. The Morgan fingerprint density at radius 3 is 2.23 bits per heavy atom. The maximum Gasteiger partial charge on any atom is 0.267 e. The van der Waals surface area contributed by atoms with Gasteiger partial charge in [0.1, 0.15) is 5.82 Å². The number of ether oxygens (including phenoxy) is 1. The van der Waals surface area contributed by atoms with Gasteiger partial charge < -0.3 is 4.74 Å². The Morgan fingerprint density at radius 2 is 1.69 bits per heavy atom. The van der Waals surface area contributed by atoms with Crippen LogP contribution in [0.15, 0.2) is 53.4 Å². The van der Waals surface area contributed by atoms with Gasteiger partial charge in [-0.1, -0.05) is 29.1 Å². The minimum absolute atomic E-state index is 0.0113. The lowest BCUT2D eigenvalue weighted by atomic mass is 10.1. The largest absolute Gasteiger partial charge is 0.381 e. The highest BCUT2D eigenvalue weighted by Gasteiger charge is 2.30. The molecule has 0 saturated carbocycles. The van der Waals surface area contributed by atoms with Gasteiger partial charge >= 0.3 is 0 Å². The van der Waals surface area contributed by atoms with Gasteiger partial charge in [0, 0.05) is 6.61 Å². The van der Waals surface area contributed by atoms with Crippen LogP contribution in [-0.4, -0.2) is 37.9 Å². The van der Waals surface area contributed by atoms with Crippen LogP contribution in [0.4, 0.5) is 4.39 Å². The SMILES string of the molecule is O=C(C1CCOC1)N(O)NS(=O)(=O)c1ccc(-c2ccc(F)cc2)cc1. The molecule has 1 unspecified atom stereocenters. The second kappa shape index (κ2) is 7.50. The Morgan fingerprint density at radius 1 is 1.12 bits per heavy atom. The van der Waals surface area contributed by atoms with Crippen LogP contribution in [0.5, 0.6) is 0 Å². The Labute approximate surface area is 150 Å². The van der Waals surface area contributed by atoms with E-state index in [1.54, 1.807) is 24.3 Å². The number of rotatable bonds is 5. The number of amides is 1. The van der Waals surface area contributed by atoms with E-state index in [1.807, 2.05) is 4.83 Å². The summed E-state index contributed by atoms with van der Waals surface area (Å²) in [7, 11) is -4.14. The summed E-state index contributed by atoms with van der Waals surface area (Å²) in [6.45, 7) is 0.534. The molecule has 1 heterocycles. The number of nitrogens with zero attached hydrogens (tertiary/aromatic N) is 1. The van der Waals surface area contributed by atoms with Crippen LogP contribution in [0.25, 0.3) is 11.1 Å². The molecule has 2 aromatic carbocycles. The lowest BCUT2D eigenvalue weighted by Crippen LogP contribution is -2.46. The molecule has 9 heteroatoms. The molecule has 1 amide bonds. The summed E-state index contributed by atoms with van der Waals surface area (Å²) in [6.07, 6.45) is 0.421. The van der Waals surface area contributed by atoms with Crippen molar-refractivity contribution in [2.75, 3.05) is 13.2 Å². The third-order valence-electron chi connectivity index (χ3n) is 4.04. The number of hydrogen-bond donors (Lipinski definition) is 2. The van der Waals surface area contributed by atoms with Gasteiger partial charge in [-0.3, -0.25) is 10.0 Å². The van der Waals surface area contributed by atoms with Crippen LogP contribution in [0.3, 0.4) is 0 Å². The Hall–Kier alpha value is -2.33. The van der Waals surface area contributed by atoms with Gasteiger partial charge in [-0.15, -0.1) is 5.17 Å². The summed E-state index contributed by atoms with van der Waals surface area (Å²) in [6, 6.07) is 11.5. The van der Waals surface area contributed by atoms with E-state index in [0.29, 0.717) is 18.6 Å². The maximum absolute atomic E-state index is 13.0. The van der Waals surface area contributed by atoms with E-state index in [9.17, 15) is 22.8 Å². The maximum atomic E-state index is 13.0. The molecule has 3 rings (SSSR count). The minimum Gasteiger partial charge on any atom is -0.381 e. The van der Waals surface area contributed by atoms with E-state index in [0.717, 1.165) is 5.56 Å². The molecule has 1 saturated heterocycles. The molecular formula is C17H17FN2O5S. The van der Waals surface area contributed by atoms with Crippen molar-refractivity contribution >= 4 is 15.9 Å². The van der Waals surface area contributed by atoms with Gasteiger partial charge in [0.25, 0.3) is 15.9 Å². The Kier molecular flexibility index (Phi) is 5.33. The molecule has 2 N–H and O–H groups in total. The second-order valence-corrected chi connectivity index (χ2v) is 7.50. The first-order valence-electron chi connectivity index (χ1n) is 7.86. The summed E-state index contributed by atoms with van der Waals surface area (Å²) >= 11 is 0. The summed E-state index contributed by atoms with van der Waals surface area (Å²) < 4.78 is 42.6. The number of halogens is 1. The fraction of sp³-hybridized carbons (Fsp3) is 0.235. The Balaban J connectivity index is 1.72. The van der Waals surface area contributed by atoms with Crippen LogP contribution < -0.4 is 4.83 Å². The van der Waals surface area contributed by atoms with Crippen LogP contribution in [0, 0.1) is 11.7 Å². The van der Waals surface area contributed by atoms with E-state index in [4.69, 9.17) is 4.74 Å². The van der Waals surface area contributed by atoms with Crippen LogP contribution in [0.2, 0.25) is 0 Å². The van der Waals surface area contributed by atoms with E-state index in [-0.39, 0.29) is 22.5 Å². The molecule has 1 aliphatic heterocycles. The normalized spacial score (nSPS) is 17.2. The first kappa shape index (κ1) is 18.5.